The van der Waals surface area contributed by atoms with Gasteiger partial charge in [0.25, 0.3) is 5.91 Å². The van der Waals surface area contributed by atoms with Gasteiger partial charge in [-0.1, -0.05) is 0 Å². The van der Waals surface area contributed by atoms with E-state index in [-0.39, 0.29) is 23.7 Å². The van der Waals surface area contributed by atoms with Crippen molar-refractivity contribution in [1.29, 1.82) is 0 Å². The summed E-state index contributed by atoms with van der Waals surface area (Å²) in [4.78, 5) is 28.3. The first-order chi connectivity index (χ1) is 11.1. The fraction of sp³-hybridized carbons (Fsp3) is 0.214. The molecule has 0 radical (unpaired) electrons. The number of aryl methyl sites for hydroxylation is 1. The van der Waals surface area contributed by atoms with Crippen LogP contribution in [0.3, 0.4) is 0 Å². The maximum Gasteiger partial charge on any atom is 0.343 e. The van der Waals surface area contributed by atoms with E-state index in [0.29, 0.717) is 5.65 Å². The number of ether oxygens (including phenoxy) is 1. The van der Waals surface area contributed by atoms with Gasteiger partial charge >= 0.3 is 5.97 Å². The second kappa shape index (κ2) is 5.87. The lowest BCUT2D eigenvalue weighted by molar-refractivity contribution is 0.0527. The molecule has 0 unspecified atom stereocenters. The highest BCUT2D eigenvalue weighted by atomic mass is 16.5. The van der Waals surface area contributed by atoms with Crippen LogP contribution in [0.25, 0.3) is 5.65 Å². The van der Waals surface area contributed by atoms with Gasteiger partial charge in [-0.3, -0.25) is 9.48 Å². The molecule has 0 aromatic carbocycles. The molecule has 3 heterocycles. The van der Waals surface area contributed by atoms with Gasteiger partial charge in [0.15, 0.2) is 11.3 Å². The lowest BCUT2D eigenvalue weighted by Crippen LogP contribution is -2.18. The van der Waals surface area contributed by atoms with Gasteiger partial charge in [-0.2, -0.15) is 10.2 Å². The van der Waals surface area contributed by atoms with Crippen molar-refractivity contribution >= 4 is 23.3 Å². The molecule has 0 aliphatic carbocycles. The average Bonchev–Trinajstić information content (AvgIpc) is 3.12. The van der Waals surface area contributed by atoms with Crippen LogP contribution in [0.2, 0.25) is 0 Å². The Balaban J connectivity index is 1.88. The third-order valence-corrected chi connectivity index (χ3v) is 3.13. The number of carbonyl (C=O) groups is 2. The Morgan fingerprint density at radius 3 is 2.96 bits per heavy atom. The summed E-state index contributed by atoms with van der Waals surface area (Å²) in [7, 11) is 1.61. The first-order valence-corrected chi connectivity index (χ1v) is 6.91. The SMILES string of the molecule is CCOC(=O)c1cnn(C)c1NC(=O)c1cc2ncccn2n1. The topological polar surface area (TPSA) is 103 Å². The Morgan fingerprint density at radius 1 is 1.39 bits per heavy atom. The van der Waals surface area contributed by atoms with Crippen LogP contribution in [0.4, 0.5) is 5.82 Å². The van der Waals surface area contributed by atoms with Gasteiger partial charge in [0.2, 0.25) is 0 Å². The van der Waals surface area contributed by atoms with Gasteiger partial charge in [-0.15, -0.1) is 0 Å². The summed E-state index contributed by atoms with van der Waals surface area (Å²) in [6.07, 6.45) is 4.64. The molecule has 23 heavy (non-hydrogen) atoms. The molecule has 118 valence electrons. The van der Waals surface area contributed by atoms with Gasteiger partial charge in [0, 0.05) is 25.5 Å². The van der Waals surface area contributed by atoms with Crippen LogP contribution in [-0.4, -0.2) is 42.9 Å². The Kier molecular flexibility index (Phi) is 3.75. The molecule has 9 heteroatoms. The Hall–Kier alpha value is -3.23. The van der Waals surface area contributed by atoms with E-state index in [2.05, 4.69) is 20.5 Å². The quantitative estimate of drug-likeness (QED) is 0.717. The Labute approximate surface area is 130 Å². The zero-order chi connectivity index (χ0) is 16.4. The predicted molar refractivity (Wildman–Crippen MR) is 80.1 cm³/mol. The number of nitrogens with zero attached hydrogens (tertiary/aromatic N) is 5. The van der Waals surface area contributed by atoms with Crippen molar-refractivity contribution in [1.82, 2.24) is 24.4 Å². The summed E-state index contributed by atoms with van der Waals surface area (Å²) >= 11 is 0. The monoisotopic (exact) mass is 314 g/mol. The largest absolute Gasteiger partial charge is 0.462 e. The second-order valence-electron chi connectivity index (χ2n) is 4.66. The van der Waals surface area contributed by atoms with Crippen LogP contribution in [0.5, 0.6) is 0 Å². The lowest BCUT2D eigenvalue weighted by atomic mass is 10.3. The number of fused-ring (bicyclic) bond motifs is 1. The number of amides is 1. The highest BCUT2D eigenvalue weighted by Gasteiger charge is 2.21. The fourth-order valence-electron chi connectivity index (χ4n) is 2.06. The molecule has 0 bridgehead atoms. The van der Waals surface area contributed by atoms with Crippen molar-refractivity contribution in [3.63, 3.8) is 0 Å². The first kappa shape index (κ1) is 14.7. The van der Waals surface area contributed by atoms with Crippen molar-refractivity contribution in [3.05, 3.63) is 42.0 Å². The van der Waals surface area contributed by atoms with Gasteiger partial charge in [0.1, 0.15) is 11.4 Å². The zero-order valence-corrected chi connectivity index (χ0v) is 12.6. The second-order valence-corrected chi connectivity index (χ2v) is 4.66. The molecular weight excluding hydrogens is 300 g/mol. The summed E-state index contributed by atoms with van der Waals surface area (Å²) < 4.78 is 7.82. The molecule has 3 aromatic heterocycles. The molecule has 0 atom stereocenters. The molecule has 3 rings (SSSR count). The van der Waals surface area contributed by atoms with E-state index in [1.807, 2.05) is 0 Å². The minimum atomic E-state index is -0.549. The number of rotatable bonds is 4. The van der Waals surface area contributed by atoms with Crippen molar-refractivity contribution in [2.75, 3.05) is 11.9 Å². The van der Waals surface area contributed by atoms with E-state index in [0.717, 1.165) is 0 Å². The molecule has 1 amide bonds. The van der Waals surface area contributed by atoms with Crippen LogP contribution < -0.4 is 5.32 Å². The summed E-state index contributed by atoms with van der Waals surface area (Å²) in [5.41, 5.74) is 0.914. The number of anilines is 1. The van der Waals surface area contributed by atoms with Crippen molar-refractivity contribution in [2.24, 2.45) is 7.05 Å². The van der Waals surface area contributed by atoms with E-state index in [4.69, 9.17) is 4.74 Å². The number of aromatic nitrogens is 5. The number of carbonyl (C=O) groups excluding carboxylic acids is 2. The van der Waals surface area contributed by atoms with Crippen molar-refractivity contribution in [3.8, 4) is 0 Å². The average molecular weight is 314 g/mol. The molecule has 0 aliphatic rings. The standard InChI is InChI=1S/C14H14N6O3/c1-3-23-14(22)9-8-16-19(2)12(9)17-13(21)10-7-11-15-5-4-6-20(11)18-10/h4-8H,3H2,1-2H3,(H,17,21). The molecule has 0 saturated heterocycles. The van der Waals surface area contributed by atoms with Crippen LogP contribution in [-0.2, 0) is 11.8 Å². The van der Waals surface area contributed by atoms with Gasteiger partial charge < -0.3 is 10.1 Å². The molecular formula is C14H14N6O3. The van der Waals surface area contributed by atoms with E-state index < -0.39 is 11.9 Å². The minimum Gasteiger partial charge on any atom is -0.462 e. The van der Waals surface area contributed by atoms with Crippen LogP contribution >= 0.6 is 0 Å². The molecule has 0 spiro atoms. The molecule has 0 saturated carbocycles. The van der Waals surface area contributed by atoms with Crippen LogP contribution in [0.1, 0.15) is 27.8 Å². The fourth-order valence-corrected chi connectivity index (χ4v) is 2.06. The number of esters is 1. The number of hydrogen-bond donors (Lipinski definition) is 1. The molecule has 9 nitrogen and oxygen atoms in total. The first-order valence-electron chi connectivity index (χ1n) is 6.91. The third-order valence-electron chi connectivity index (χ3n) is 3.13. The van der Waals surface area contributed by atoms with Gasteiger partial charge in [-0.05, 0) is 13.0 Å². The number of hydrogen-bond acceptors (Lipinski definition) is 6. The van der Waals surface area contributed by atoms with Crippen LogP contribution in [0.15, 0.2) is 30.7 Å². The predicted octanol–water partition coefficient (Wildman–Crippen LogP) is 0.892. The smallest absolute Gasteiger partial charge is 0.343 e. The minimum absolute atomic E-state index is 0.180. The lowest BCUT2D eigenvalue weighted by Gasteiger charge is -2.06. The van der Waals surface area contributed by atoms with Gasteiger partial charge in [0.05, 0.1) is 12.8 Å². The van der Waals surface area contributed by atoms with E-state index in [9.17, 15) is 9.59 Å². The van der Waals surface area contributed by atoms with Crippen molar-refractivity contribution in [2.45, 2.75) is 6.92 Å². The Bertz CT molecular complexity index is 849. The normalized spacial score (nSPS) is 10.7. The highest BCUT2D eigenvalue weighted by molar-refractivity contribution is 6.06. The van der Waals surface area contributed by atoms with E-state index >= 15 is 0 Å². The summed E-state index contributed by atoms with van der Waals surface area (Å²) in [5, 5.41) is 10.7. The van der Waals surface area contributed by atoms with Gasteiger partial charge in [-0.25, -0.2) is 14.3 Å². The molecule has 0 aliphatic heterocycles. The summed E-state index contributed by atoms with van der Waals surface area (Å²) in [6, 6.07) is 3.26. The van der Waals surface area contributed by atoms with Crippen LogP contribution in [0, 0.1) is 0 Å². The maximum atomic E-state index is 12.4. The van der Waals surface area contributed by atoms with Crippen molar-refractivity contribution < 1.29 is 14.3 Å². The third kappa shape index (κ3) is 2.76. The zero-order valence-electron chi connectivity index (χ0n) is 12.6. The molecule has 0 fully saturated rings. The number of nitrogens with one attached hydrogen (secondary N) is 1. The molecule has 3 aromatic rings. The maximum absolute atomic E-state index is 12.4. The highest BCUT2D eigenvalue weighted by Crippen LogP contribution is 2.16. The summed E-state index contributed by atoms with van der Waals surface area (Å²) in [5.74, 6) is -0.768. The van der Waals surface area contributed by atoms with E-state index in [1.165, 1.54) is 15.4 Å². The summed E-state index contributed by atoms with van der Waals surface area (Å²) in [6.45, 7) is 1.94. The Morgan fingerprint density at radius 2 is 2.22 bits per heavy atom. The molecule has 1 N–H and O–H groups in total. The van der Waals surface area contributed by atoms with E-state index in [1.54, 1.807) is 38.5 Å².